The molecule has 1 rings (SSSR count). The number of carbonyl (C=O) groups is 1. The molecule has 1 saturated carbocycles. The van der Waals surface area contributed by atoms with Crippen molar-refractivity contribution in [3.05, 3.63) is 0 Å². The van der Waals surface area contributed by atoms with E-state index in [9.17, 15) is 9.90 Å². The lowest BCUT2D eigenvalue weighted by Gasteiger charge is -2.51. The van der Waals surface area contributed by atoms with Crippen LogP contribution in [0.4, 0.5) is 0 Å². The Balaban J connectivity index is 2.71. The van der Waals surface area contributed by atoms with Crippen molar-refractivity contribution in [1.82, 2.24) is 0 Å². The van der Waals surface area contributed by atoms with Gasteiger partial charge in [-0.3, -0.25) is 4.79 Å². The van der Waals surface area contributed by atoms with E-state index in [-0.39, 0.29) is 6.61 Å². The summed E-state index contributed by atoms with van der Waals surface area (Å²) in [6.07, 6.45) is 0.315. The lowest BCUT2D eigenvalue weighted by Crippen LogP contribution is -2.61. The molecule has 88 valence electrons. The smallest absolute Gasteiger partial charge is 0.307 e. The van der Waals surface area contributed by atoms with Crippen molar-refractivity contribution in [3.63, 3.8) is 0 Å². The van der Waals surface area contributed by atoms with Gasteiger partial charge in [0.1, 0.15) is 0 Å². The van der Waals surface area contributed by atoms with Crippen LogP contribution in [0.25, 0.3) is 0 Å². The first-order valence-corrected chi connectivity index (χ1v) is 5.22. The van der Waals surface area contributed by atoms with Crippen LogP contribution in [0.2, 0.25) is 0 Å². The monoisotopic (exact) mass is 218 g/mol. The topological polar surface area (TPSA) is 76.0 Å². The van der Waals surface area contributed by atoms with Crippen molar-refractivity contribution in [2.24, 2.45) is 11.8 Å². The maximum Gasteiger partial charge on any atom is 0.307 e. The molecule has 1 aliphatic rings. The number of aliphatic carboxylic acids is 1. The lowest BCUT2D eigenvalue weighted by molar-refractivity contribution is -0.331. The highest BCUT2D eigenvalue weighted by molar-refractivity contribution is 5.72. The van der Waals surface area contributed by atoms with Gasteiger partial charge in [0.2, 0.25) is 0 Å². The van der Waals surface area contributed by atoms with Gasteiger partial charge in [0.05, 0.1) is 12.5 Å². The van der Waals surface area contributed by atoms with E-state index in [1.54, 1.807) is 0 Å². The molecule has 15 heavy (non-hydrogen) atoms. The number of carboxylic acid groups (broad SMARTS) is 1. The Kier molecular flexibility index (Phi) is 4.07. The van der Waals surface area contributed by atoms with Crippen molar-refractivity contribution in [1.29, 1.82) is 0 Å². The molecule has 5 heteroatoms. The summed E-state index contributed by atoms with van der Waals surface area (Å²) in [5, 5.41) is 18.1. The predicted octanol–water partition coefficient (Wildman–Crippen LogP) is 0.469. The Morgan fingerprint density at radius 3 is 2.27 bits per heavy atom. The summed E-state index contributed by atoms with van der Waals surface area (Å²) < 4.78 is 10.9. The van der Waals surface area contributed by atoms with Gasteiger partial charge in [-0.05, 0) is 13.8 Å². The zero-order chi connectivity index (χ0) is 11.5. The molecule has 0 bridgehead atoms. The van der Waals surface area contributed by atoms with Crippen LogP contribution in [0.15, 0.2) is 0 Å². The van der Waals surface area contributed by atoms with Crippen LogP contribution in [-0.2, 0) is 14.3 Å². The molecule has 0 radical (unpaired) electrons. The molecule has 2 atom stereocenters. The van der Waals surface area contributed by atoms with Crippen LogP contribution in [0.5, 0.6) is 0 Å². The minimum Gasteiger partial charge on any atom is -0.481 e. The van der Waals surface area contributed by atoms with Crippen LogP contribution in [0, 0.1) is 11.8 Å². The zero-order valence-corrected chi connectivity index (χ0v) is 9.10. The number of hydrogen-bond acceptors (Lipinski definition) is 4. The average molecular weight is 218 g/mol. The molecule has 0 amide bonds. The molecule has 2 N–H and O–H groups in total. The molecule has 2 unspecified atom stereocenters. The molecule has 0 aromatic rings. The van der Waals surface area contributed by atoms with Crippen LogP contribution in [-0.4, -0.2) is 41.8 Å². The number of hydrogen-bond donors (Lipinski definition) is 2. The molecule has 1 aliphatic carbocycles. The Bertz CT molecular complexity index is 222. The summed E-state index contributed by atoms with van der Waals surface area (Å²) >= 11 is 0. The van der Waals surface area contributed by atoms with E-state index in [1.165, 1.54) is 0 Å². The van der Waals surface area contributed by atoms with Gasteiger partial charge >= 0.3 is 5.97 Å². The molecular weight excluding hydrogens is 200 g/mol. The summed E-state index contributed by atoms with van der Waals surface area (Å²) in [7, 11) is 0. The first-order valence-electron chi connectivity index (χ1n) is 5.22. The fourth-order valence-corrected chi connectivity index (χ4v) is 2.13. The molecule has 0 aromatic heterocycles. The Labute approximate surface area is 89.0 Å². The molecule has 0 spiro atoms. The minimum absolute atomic E-state index is 0.225. The highest BCUT2D eigenvalue weighted by Crippen LogP contribution is 2.47. The fraction of sp³-hybridized carbons (Fsp3) is 0.900. The molecule has 0 heterocycles. The van der Waals surface area contributed by atoms with Crippen LogP contribution in [0.3, 0.4) is 0 Å². The van der Waals surface area contributed by atoms with Crippen molar-refractivity contribution < 1.29 is 24.5 Å². The van der Waals surface area contributed by atoms with Gasteiger partial charge in [-0.15, -0.1) is 0 Å². The third-order valence-electron chi connectivity index (χ3n) is 2.85. The van der Waals surface area contributed by atoms with Crippen molar-refractivity contribution in [2.75, 3.05) is 19.8 Å². The van der Waals surface area contributed by atoms with Crippen LogP contribution < -0.4 is 0 Å². The van der Waals surface area contributed by atoms with Crippen molar-refractivity contribution in [2.45, 2.75) is 26.1 Å². The molecule has 5 nitrogen and oxygen atoms in total. The zero-order valence-electron chi connectivity index (χ0n) is 9.10. The summed E-state index contributed by atoms with van der Waals surface area (Å²) in [5.74, 6) is -2.81. The predicted molar refractivity (Wildman–Crippen MR) is 52.3 cm³/mol. The largest absolute Gasteiger partial charge is 0.481 e. The number of aliphatic hydroxyl groups excluding tert-OH is 1. The van der Waals surface area contributed by atoms with Gasteiger partial charge in [0.25, 0.3) is 0 Å². The number of rotatable bonds is 6. The third-order valence-corrected chi connectivity index (χ3v) is 2.85. The lowest BCUT2D eigenvalue weighted by atomic mass is 9.68. The van der Waals surface area contributed by atoms with E-state index < -0.39 is 23.6 Å². The second-order valence-corrected chi connectivity index (χ2v) is 3.62. The van der Waals surface area contributed by atoms with Gasteiger partial charge in [-0.2, -0.15) is 0 Å². The quantitative estimate of drug-likeness (QED) is 0.634. The highest BCUT2D eigenvalue weighted by atomic mass is 16.7. The normalized spacial score (nSPS) is 28.5. The van der Waals surface area contributed by atoms with Gasteiger partial charge in [-0.25, -0.2) is 0 Å². The first-order chi connectivity index (χ1) is 7.11. The summed E-state index contributed by atoms with van der Waals surface area (Å²) in [4.78, 5) is 10.8. The van der Waals surface area contributed by atoms with E-state index in [0.717, 1.165) is 0 Å². The maximum atomic E-state index is 10.8. The summed E-state index contributed by atoms with van der Waals surface area (Å²) in [6.45, 7) is 4.31. The van der Waals surface area contributed by atoms with E-state index >= 15 is 0 Å². The van der Waals surface area contributed by atoms with Gasteiger partial charge in [0.15, 0.2) is 5.79 Å². The second kappa shape index (κ2) is 4.92. The van der Waals surface area contributed by atoms with E-state index in [4.69, 9.17) is 14.6 Å². The summed E-state index contributed by atoms with van der Waals surface area (Å²) in [6, 6.07) is 0. The van der Waals surface area contributed by atoms with Crippen LogP contribution >= 0.6 is 0 Å². The second-order valence-electron chi connectivity index (χ2n) is 3.62. The van der Waals surface area contributed by atoms with Gasteiger partial charge in [0, 0.05) is 25.6 Å². The first kappa shape index (κ1) is 12.4. The van der Waals surface area contributed by atoms with E-state index in [1.807, 2.05) is 13.8 Å². The Morgan fingerprint density at radius 1 is 1.40 bits per heavy atom. The Hall–Kier alpha value is -0.650. The number of ether oxygens (including phenoxy) is 2. The maximum absolute atomic E-state index is 10.8. The van der Waals surface area contributed by atoms with Gasteiger partial charge in [-0.1, -0.05) is 0 Å². The highest BCUT2D eigenvalue weighted by Gasteiger charge is 2.58. The molecular formula is C10H18O5. The van der Waals surface area contributed by atoms with Crippen molar-refractivity contribution in [3.8, 4) is 0 Å². The third kappa shape index (κ3) is 2.14. The average Bonchev–Trinajstić information content (AvgIpc) is 2.14. The number of carboxylic acids is 1. The Morgan fingerprint density at radius 2 is 1.93 bits per heavy atom. The van der Waals surface area contributed by atoms with E-state index in [2.05, 4.69) is 0 Å². The molecule has 0 aliphatic heterocycles. The molecule has 0 saturated heterocycles. The minimum atomic E-state index is -0.899. The fourth-order valence-electron chi connectivity index (χ4n) is 2.13. The SMILES string of the molecule is CCOC1(OCC)CC(C(=O)O)C1CO. The van der Waals surface area contributed by atoms with E-state index in [0.29, 0.717) is 19.6 Å². The van der Waals surface area contributed by atoms with Crippen molar-refractivity contribution >= 4 is 5.97 Å². The number of aliphatic hydroxyl groups is 1. The van der Waals surface area contributed by atoms with Gasteiger partial charge < -0.3 is 19.7 Å². The summed E-state index contributed by atoms with van der Waals surface area (Å²) in [5.41, 5.74) is 0. The molecule has 1 fully saturated rings. The van der Waals surface area contributed by atoms with Crippen LogP contribution in [0.1, 0.15) is 20.3 Å². The standard InChI is InChI=1S/C10H18O5/c1-3-14-10(15-4-2)5-7(9(12)13)8(10)6-11/h7-8,11H,3-6H2,1-2H3,(H,12,13). The molecule has 0 aromatic carbocycles.